The van der Waals surface area contributed by atoms with E-state index in [2.05, 4.69) is 22.3 Å². The van der Waals surface area contributed by atoms with Gasteiger partial charge in [0.25, 0.3) is 5.91 Å². The molecule has 9 heteroatoms. The monoisotopic (exact) mass is 512 g/mol. The summed E-state index contributed by atoms with van der Waals surface area (Å²) in [4.78, 5) is 28.9. The number of likely N-dealkylation sites (tertiary alicyclic amines) is 1. The lowest BCUT2D eigenvalue weighted by Crippen LogP contribution is -2.44. The van der Waals surface area contributed by atoms with Crippen LogP contribution in [0.3, 0.4) is 0 Å². The molecule has 6 rings (SSSR count). The number of amides is 1. The van der Waals surface area contributed by atoms with Crippen molar-refractivity contribution in [2.75, 3.05) is 19.6 Å². The van der Waals surface area contributed by atoms with Crippen LogP contribution in [0, 0.1) is 0 Å². The van der Waals surface area contributed by atoms with Crippen LogP contribution in [0.5, 0.6) is 5.88 Å². The molecule has 1 saturated carbocycles. The van der Waals surface area contributed by atoms with Crippen molar-refractivity contribution in [2.24, 2.45) is 0 Å². The lowest BCUT2D eigenvalue weighted by atomic mass is 9.64. The molecule has 1 amide bonds. The Balaban J connectivity index is 1.25. The molecule has 4 heterocycles. The van der Waals surface area contributed by atoms with E-state index in [0.717, 1.165) is 6.54 Å². The lowest BCUT2D eigenvalue weighted by Gasteiger charge is -2.45. The standard InChI is InChI=1S/C26H29ClN4O3S/c27-21-9-8-20(35-21)23(32)28-19-10-15-30-22(19)24(33)31(25(30)34)18-6-4-17(5-7-18)26(11-3-12-26)16-29-13-1-2-14-29/h4-9,19,33H,1-3,10-16H2,(H,28,32)/t19-/m1/s1. The number of rotatable bonds is 6. The number of nitrogens with zero attached hydrogens (tertiary/aromatic N) is 3. The Morgan fingerprint density at radius 3 is 2.46 bits per heavy atom. The molecule has 3 aliphatic rings. The predicted molar refractivity (Wildman–Crippen MR) is 137 cm³/mol. The molecular weight excluding hydrogens is 484 g/mol. The van der Waals surface area contributed by atoms with Gasteiger partial charge in [0, 0.05) is 18.5 Å². The molecule has 0 spiro atoms. The number of hydrogen-bond donors (Lipinski definition) is 2. The highest BCUT2D eigenvalue weighted by molar-refractivity contribution is 7.18. The van der Waals surface area contributed by atoms with Gasteiger partial charge in [-0.3, -0.25) is 9.36 Å². The number of hydrogen-bond acceptors (Lipinski definition) is 5. The molecule has 184 valence electrons. The number of aromatic hydroxyl groups is 1. The van der Waals surface area contributed by atoms with Gasteiger partial charge in [0.1, 0.15) is 5.69 Å². The van der Waals surface area contributed by atoms with E-state index in [4.69, 9.17) is 11.6 Å². The maximum absolute atomic E-state index is 13.2. The Morgan fingerprint density at radius 2 is 1.83 bits per heavy atom. The van der Waals surface area contributed by atoms with Crippen LogP contribution in [0.4, 0.5) is 0 Å². The van der Waals surface area contributed by atoms with Crippen LogP contribution in [0.15, 0.2) is 41.2 Å². The largest absolute Gasteiger partial charge is 0.493 e. The number of carbonyl (C=O) groups excluding carboxylic acids is 1. The number of benzene rings is 1. The van der Waals surface area contributed by atoms with Crippen molar-refractivity contribution in [2.45, 2.75) is 56.5 Å². The predicted octanol–water partition coefficient (Wildman–Crippen LogP) is 4.45. The van der Waals surface area contributed by atoms with Gasteiger partial charge in [0.2, 0.25) is 5.88 Å². The van der Waals surface area contributed by atoms with Crippen molar-refractivity contribution in [3.8, 4) is 11.6 Å². The van der Waals surface area contributed by atoms with Crippen molar-refractivity contribution in [3.05, 3.63) is 67.4 Å². The lowest BCUT2D eigenvalue weighted by molar-refractivity contribution is 0.0940. The van der Waals surface area contributed by atoms with Crippen molar-refractivity contribution in [1.82, 2.24) is 19.4 Å². The molecular formula is C26H29ClN4O3S. The Kier molecular flexibility index (Phi) is 5.78. The Morgan fingerprint density at radius 1 is 1.09 bits per heavy atom. The summed E-state index contributed by atoms with van der Waals surface area (Å²) in [6.07, 6.45) is 6.80. The second-order valence-corrected chi connectivity index (χ2v) is 11.8. The van der Waals surface area contributed by atoms with Gasteiger partial charge < -0.3 is 15.3 Å². The first-order valence-corrected chi connectivity index (χ1v) is 13.6. The molecule has 2 aromatic heterocycles. The molecule has 1 saturated heterocycles. The fourth-order valence-electron chi connectivity index (χ4n) is 6.02. The van der Waals surface area contributed by atoms with E-state index in [1.54, 1.807) is 16.7 Å². The summed E-state index contributed by atoms with van der Waals surface area (Å²) in [6, 6.07) is 11.1. The third kappa shape index (κ3) is 3.92. The fourth-order valence-corrected chi connectivity index (χ4v) is 6.96. The van der Waals surface area contributed by atoms with Gasteiger partial charge in [-0.15, -0.1) is 11.3 Å². The molecule has 3 aromatic rings. The smallest absolute Gasteiger partial charge is 0.335 e. The van der Waals surface area contributed by atoms with Crippen LogP contribution in [-0.2, 0) is 12.0 Å². The molecule has 1 aliphatic carbocycles. The zero-order valence-corrected chi connectivity index (χ0v) is 21.1. The van der Waals surface area contributed by atoms with Gasteiger partial charge in [-0.1, -0.05) is 30.2 Å². The van der Waals surface area contributed by atoms with Crippen molar-refractivity contribution >= 4 is 28.8 Å². The van der Waals surface area contributed by atoms with Crippen molar-refractivity contribution in [3.63, 3.8) is 0 Å². The van der Waals surface area contributed by atoms with E-state index in [1.807, 2.05) is 12.1 Å². The fraction of sp³-hybridized carbons (Fsp3) is 0.462. The van der Waals surface area contributed by atoms with Crippen LogP contribution >= 0.6 is 22.9 Å². The van der Waals surface area contributed by atoms with Gasteiger partial charge in [0.15, 0.2) is 0 Å². The van der Waals surface area contributed by atoms with E-state index in [9.17, 15) is 14.7 Å². The number of carbonyl (C=O) groups is 1. The van der Waals surface area contributed by atoms with E-state index >= 15 is 0 Å². The topological polar surface area (TPSA) is 79.5 Å². The third-order valence-corrected chi connectivity index (χ3v) is 9.23. The molecule has 0 radical (unpaired) electrons. The van der Waals surface area contributed by atoms with Gasteiger partial charge in [0.05, 0.1) is 20.9 Å². The summed E-state index contributed by atoms with van der Waals surface area (Å²) >= 11 is 7.16. The van der Waals surface area contributed by atoms with Gasteiger partial charge >= 0.3 is 5.69 Å². The molecule has 35 heavy (non-hydrogen) atoms. The molecule has 2 aliphatic heterocycles. The summed E-state index contributed by atoms with van der Waals surface area (Å²) in [6.45, 7) is 3.93. The molecule has 1 atom stereocenters. The minimum atomic E-state index is -0.435. The molecule has 0 bridgehead atoms. The van der Waals surface area contributed by atoms with Gasteiger partial charge in [-0.25, -0.2) is 9.36 Å². The highest BCUT2D eigenvalue weighted by Crippen LogP contribution is 2.45. The van der Waals surface area contributed by atoms with E-state index in [0.29, 0.717) is 33.6 Å². The Hall–Kier alpha value is -2.55. The summed E-state index contributed by atoms with van der Waals surface area (Å²) in [5.41, 5.74) is 2.34. The normalized spacial score (nSPS) is 21.1. The minimum absolute atomic E-state index is 0.106. The van der Waals surface area contributed by atoms with E-state index in [1.165, 1.54) is 66.7 Å². The second kappa shape index (κ2) is 8.84. The molecule has 7 nitrogen and oxygen atoms in total. The summed E-state index contributed by atoms with van der Waals surface area (Å²) < 4.78 is 3.46. The van der Waals surface area contributed by atoms with E-state index in [-0.39, 0.29) is 22.9 Å². The molecule has 1 aromatic carbocycles. The van der Waals surface area contributed by atoms with Crippen LogP contribution in [0.25, 0.3) is 5.69 Å². The Bertz CT molecular complexity index is 1320. The maximum atomic E-state index is 13.2. The summed E-state index contributed by atoms with van der Waals surface area (Å²) in [7, 11) is 0. The first-order chi connectivity index (χ1) is 16.9. The highest BCUT2D eigenvalue weighted by atomic mass is 35.5. The van der Waals surface area contributed by atoms with Crippen LogP contribution in [0.2, 0.25) is 4.34 Å². The maximum Gasteiger partial charge on any atom is 0.335 e. The number of nitrogens with one attached hydrogen (secondary N) is 1. The average molecular weight is 513 g/mol. The summed E-state index contributed by atoms with van der Waals surface area (Å²) in [5, 5.41) is 14.0. The number of imidazole rings is 1. The van der Waals surface area contributed by atoms with Crippen LogP contribution in [-0.4, -0.2) is 44.7 Å². The second-order valence-electron chi connectivity index (χ2n) is 10.1. The van der Waals surface area contributed by atoms with Crippen LogP contribution in [0.1, 0.15) is 65.5 Å². The molecule has 2 fully saturated rings. The number of thiophene rings is 1. The van der Waals surface area contributed by atoms with Crippen LogP contribution < -0.4 is 11.0 Å². The summed E-state index contributed by atoms with van der Waals surface area (Å²) in [5.74, 6) is -0.363. The quantitative estimate of drug-likeness (QED) is 0.511. The van der Waals surface area contributed by atoms with Gasteiger partial charge in [-0.05, 0) is 75.0 Å². The van der Waals surface area contributed by atoms with Crippen molar-refractivity contribution < 1.29 is 9.90 Å². The molecule has 2 N–H and O–H groups in total. The number of halogens is 1. The number of fused-ring (bicyclic) bond motifs is 1. The SMILES string of the molecule is O=C(N[C@@H]1CCn2c1c(O)n(-c1ccc(C3(CN4CCCC4)CCC3)cc1)c2=O)c1ccc(Cl)s1. The van der Waals surface area contributed by atoms with E-state index < -0.39 is 6.04 Å². The van der Waals surface area contributed by atoms with Gasteiger partial charge in [-0.2, -0.15) is 0 Å². The third-order valence-electron chi connectivity index (χ3n) is 8.00. The first-order valence-electron chi connectivity index (χ1n) is 12.4. The zero-order valence-electron chi connectivity index (χ0n) is 19.5. The number of aromatic nitrogens is 2. The highest BCUT2D eigenvalue weighted by Gasteiger charge is 2.40. The molecule has 0 unspecified atom stereocenters. The first kappa shape index (κ1) is 22.9. The van der Waals surface area contributed by atoms with Crippen molar-refractivity contribution in [1.29, 1.82) is 0 Å². The zero-order chi connectivity index (χ0) is 24.2. The average Bonchev–Trinajstić information content (AvgIpc) is 3.60. The minimum Gasteiger partial charge on any atom is -0.493 e. The Labute approximate surface area is 212 Å².